The maximum absolute atomic E-state index is 12.6. The fourth-order valence-corrected chi connectivity index (χ4v) is 4.20. The summed E-state index contributed by atoms with van der Waals surface area (Å²) in [5, 5.41) is 9.28. The fraction of sp³-hybridized carbons (Fsp3) is 0.263. The zero-order valence-corrected chi connectivity index (χ0v) is 16.8. The quantitative estimate of drug-likeness (QED) is 0.484. The van der Waals surface area contributed by atoms with E-state index >= 15 is 0 Å². The first kappa shape index (κ1) is 19.7. The Balaban J connectivity index is 1.81. The Hall–Kier alpha value is -2.06. The van der Waals surface area contributed by atoms with Gasteiger partial charge in [0.25, 0.3) is 5.76 Å². The van der Waals surface area contributed by atoms with Crippen LogP contribution < -0.4 is 4.74 Å². The van der Waals surface area contributed by atoms with Gasteiger partial charge >= 0.3 is 0 Å². The number of thioether (sulfide) groups is 2. The summed E-state index contributed by atoms with van der Waals surface area (Å²) in [5.74, 6) is -0.585. The minimum absolute atomic E-state index is 0.431. The summed E-state index contributed by atoms with van der Waals surface area (Å²) in [5.41, 5.74) is 3.15. The van der Waals surface area contributed by atoms with Gasteiger partial charge in [-0.1, -0.05) is 47.8 Å². The lowest BCUT2D eigenvalue weighted by Crippen LogP contribution is -2.01. The van der Waals surface area contributed by atoms with Crippen LogP contribution in [0.3, 0.4) is 0 Å². The summed E-state index contributed by atoms with van der Waals surface area (Å²) in [7, 11) is 1.49. The molecule has 0 fully saturated rings. The zero-order chi connectivity index (χ0) is 19.4. The van der Waals surface area contributed by atoms with Gasteiger partial charge in [0.05, 0.1) is 17.7 Å². The molecule has 0 aliphatic heterocycles. The number of aryl methyl sites for hydroxylation is 2. The van der Waals surface area contributed by atoms with Crippen LogP contribution in [-0.4, -0.2) is 27.6 Å². The third kappa shape index (κ3) is 4.62. The molecule has 0 unspecified atom stereocenters. The third-order valence-corrected chi connectivity index (χ3v) is 5.73. The van der Waals surface area contributed by atoms with Crippen LogP contribution in [0, 0.1) is 13.8 Å². The van der Waals surface area contributed by atoms with Crippen molar-refractivity contribution in [2.75, 3.05) is 7.11 Å². The van der Waals surface area contributed by atoms with Crippen molar-refractivity contribution < 1.29 is 13.5 Å². The minimum Gasteiger partial charge on any atom is -0.496 e. The Kier molecular flexibility index (Phi) is 6.38. The highest BCUT2D eigenvalue weighted by atomic mass is 32.2. The number of ether oxygens (including phenoxy) is 1. The predicted molar refractivity (Wildman–Crippen MR) is 105 cm³/mol. The molecule has 0 saturated heterocycles. The molecule has 0 spiro atoms. The van der Waals surface area contributed by atoms with Gasteiger partial charge in [0.15, 0.2) is 5.16 Å². The second-order valence-corrected chi connectivity index (χ2v) is 7.78. The van der Waals surface area contributed by atoms with Gasteiger partial charge < -0.3 is 4.74 Å². The number of halogens is 2. The first-order chi connectivity index (χ1) is 13.0. The molecule has 1 aromatic heterocycles. The van der Waals surface area contributed by atoms with Crippen molar-refractivity contribution in [3.63, 3.8) is 0 Å². The van der Waals surface area contributed by atoms with E-state index in [0.29, 0.717) is 28.2 Å². The van der Waals surface area contributed by atoms with Gasteiger partial charge in [-0.3, -0.25) is 4.57 Å². The Morgan fingerprint density at radius 3 is 2.59 bits per heavy atom. The van der Waals surface area contributed by atoms with Crippen molar-refractivity contribution in [2.45, 2.75) is 35.4 Å². The van der Waals surface area contributed by atoms with Crippen LogP contribution in [0.2, 0.25) is 0 Å². The van der Waals surface area contributed by atoms with Crippen molar-refractivity contribution in [2.24, 2.45) is 0 Å². The lowest BCUT2D eigenvalue weighted by Gasteiger charge is -2.12. The van der Waals surface area contributed by atoms with Crippen LogP contribution in [0.4, 0.5) is 8.78 Å². The summed E-state index contributed by atoms with van der Waals surface area (Å²) in [4.78, 5) is 0.431. The molecule has 8 heteroatoms. The highest BCUT2D eigenvalue weighted by molar-refractivity contribution is 7.99. The van der Waals surface area contributed by atoms with Gasteiger partial charge in [0.1, 0.15) is 11.6 Å². The lowest BCUT2D eigenvalue weighted by atomic mass is 10.2. The van der Waals surface area contributed by atoms with Gasteiger partial charge in [-0.25, -0.2) is 0 Å². The molecule has 0 aliphatic carbocycles. The van der Waals surface area contributed by atoms with E-state index in [1.165, 1.54) is 7.11 Å². The van der Waals surface area contributed by atoms with Crippen LogP contribution in [0.15, 0.2) is 52.5 Å². The molecule has 0 aliphatic rings. The Morgan fingerprint density at radius 1 is 1.11 bits per heavy atom. The average molecular weight is 408 g/mol. The van der Waals surface area contributed by atoms with Crippen LogP contribution in [0.5, 0.6) is 5.75 Å². The molecular weight excluding hydrogens is 388 g/mol. The number of benzene rings is 2. The van der Waals surface area contributed by atoms with Crippen molar-refractivity contribution in [3.8, 4) is 11.4 Å². The van der Waals surface area contributed by atoms with Gasteiger partial charge in [-0.05, 0) is 43.2 Å². The standard InChI is InChI=1S/C19H19F2N3OS2/c1-12-6-4-5-7-15(12)24-13(2)22-23-19(24)26-11-14-8-9-17(27-18(20)21)16(10-14)25-3/h4-10,18H,11H2,1-3H3. The molecule has 1 heterocycles. The molecule has 0 saturated carbocycles. The van der Waals surface area contributed by atoms with E-state index in [1.807, 2.05) is 48.7 Å². The summed E-state index contributed by atoms with van der Waals surface area (Å²) in [6.07, 6.45) is 0. The maximum atomic E-state index is 12.6. The average Bonchev–Trinajstić information content (AvgIpc) is 3.01. The number of hydrogen-bond donors (Lipinski definition) is 0. The molecule has 2 aromatic carbocycles. The monoisotopic (exact) mass is 407 g/mol. The van der Waals surface area contributed by atoms with E-state index in [1.54, 1.807) is 23.9 Å². The summed E-state index contributed by atoms with van der Waals surface area (Å²) < 4.78 is 32.5. The molecule has 142 valence electrons. The molecule has 0 atom stereocenters. The molecule has 0 amide bonds. The lowest BCUT2D eigenvalue weighted by molar-refractivity contribution is 0.251. The number of aromatic nitrogens is 3. The fourth-order valence-electron chi connectivity index (χ4n) is 2.67. The largest absolute Gasteiger partial charge is 0.496 e. The van der Waals surface area contributed by atoms with E-state index in [2.05, 4.69) is 10.2 Å². The minimum atomic E-state index is -2.48. The van der Waals surface area contributed by atoms with E-state index in [9.17, 15) is 8.78 Å². The molecule has 27 heavy (non-hydrogen) atoms. The molecule has 4 nitrogen and oxygen atoms in total. The van der Waals surface area contributed by atoms with Gasteiger partial charge in [0, 0.05) is 5.75 Å². The van der Waals surface area contributed by atoms with Crippen LogP contribution in [-0.2, 0) is 5.75 Å². The molecule has 0 N–H and O–H groups in total. The Bertz CT molecular complexity index is 931. The Labute approximate surface area is 165 Å². The smallest absolute Gasteiger partial charge is 0.289 e. The van der Waals surface area contributed by atoms with Crippen LogP contribution >= 0.6 is 23.5 Å². The molecular formula is C19H19F2N3OS2. The first-order valence-corrected chi connectivity index (χ1v) is 10.1. The van der Waals surface area contributed by atoms with Crippen molar-refractivity contribution in [1.29, 1.82) is 0 Å². The van der Waals surface area contributed by atoms with Crippen molar-refractivity contribution in [3.05, 3.63) is 59.4 Å². The molecule has 3 rings (SSSR count). The molecule has 0 bridgehead atoms. The van der Waals surface area contributed by atoms with Crippen molar-refractivity contribution >= 4 is 23.5 Å². The zero-order valence-electron chi connectivity index (χ0n) is 15.1. The number of alkyl halides is 2. The van der Waals surface area contributed by atoms with E-state index in [-0.39, 0.29) is 0 Å². The van der Waals surface area contributed by atoms with Gasteiger partial charge in [0.2, 0.25) is 0 Å². The SMILES string of the molecule is COc1cc(CSc2nnc(C)n2-c2ccccc2C)ccc1SC(F)F. The van der Waals surface area contributed by atoms with E-state index in [0.717, 1.165) is 27.8 Å². The summed E-state index contributed by atoms with van der Waals surface area (Å²) >= 11 is 2.03. The normalized spacial score (nSPS) is 11.2. The highest BCUT2D eigenvalue weighted by Crippen LogP contribution is 2.35. The second kappa shape index (κ2) is 8.75. The maximum Gasteiger partial charge on any atom is 0.289 e. The first-order valence-electron chi connectivity index (χ1n) is 8.22. The Morgan fingerprint density at radius 2 is 1.89 bits per heavy atom. The van der Waals surface area contributed by atoms with Crippen molar-refractivity contribution in [1.82, 2.24) is 14.8 Å². The predicted octanol–water partition coefficient (Wildman–Crippen LogP) is 5.50. The van der Waals surface area contributed by atoms with E-state index in [4.69, 9.17) is 4.74 Å². The number of rotatable bonds is 7. The topological polar surface area (TPSA) is 39.9 Å². The molecule has 3 aromatic rings. The molecule has 0 radical (unpaired) electrons. The summed E-state index contributed by atoms with van der Waals surface area (Å²) in [6, 6.07) is 13.4. The summed E-state index contributed by atoms with van der Waals surface area (Å²) in [6.45, 7) is 3.97. The number of nitrogens with zero attached hydrogens (tertiary/aromatic N) is 3. The van der Waals surface area contributed by atoms with E-state index < -0.39 is 5.76 Å². The third-order valence-electron chi connectivity index (χ3n) is 3.96. The second-order valence-electron chi connectivity index (χ2n) is 5.80. The number of methoxy groups -OCH3 is 1. The number of hydrogen-bond acceptors (Lipinski definition) is 5. The van der Waals surface area contributed by atoms with Crippen LogP contribution in [0.1, 0.15) is 17.0 Å². The highest BCUT2D eigenvalue weighted by Gasteiger charge is 2.15. The van der Waals surface area contributed by atoms with Crippen LogP contribution in [0.25, 0.3) is 5.69 Å². The van der Waals surface area contributed by atoms with Gasteiger partial charge in [-0.2, -0.15) is 8.78 Å². The van der Waals surface area contributed by atoms with Gasteiger partial charge in [-0.15, -0.1) is 10.2 Å². The number of para-hydroxylation sites is 1.